The highest BCUT2D eigenvalue weighted by atomic mass is 16.5. The normalized spacial score (nSPS) is 14.5. The van der Waals surface area contributed by atoms with Crippen LogP contribution in [0.2, 0.25) is 0 Å². The van der Waals surface area contributed by atoms with Crippen molar-refractivity contribution in [1.29, 1.82) is 0 Å². The van der Waals surface area contributed by atoms with Gasteiger partial charge in [0.25, 0.3) is 0 Å². The Kier molecular flexibility index (Phi) is 6.17. The van der Waals surface area contributed by atoms with E-state index in [4.69, 9.17) is 6.11 Å². The SMILES string of the molecule is C1CCOC1.Cc1ccccc1.[3H]C. The van der Waals surface area contributed by atoms with Crippen LogP contribution < -0.4 is 0 Å². The zero-order valence-electron chi connectivity index (χ0n) is 9.62. The van der Waals surface area contributed by atoms with Crippen molar-refractivity contribution < 1.29 is 6.11 Å². The van der Waals surface area contributed by atoms with Crippen LogP contribution >= 0.6 is 0 Å². The van der Waals surface area contributed by atoms with E-state index in [9.17, 15) is 0 Å². The zero-order chi connectivity index (χ0) is 10.6. The first-order valence-corrected chi connectivity index (χ1v) is 4.49. The molecular formula is C12H20O. The summed E-state index contributed by atoms with van der Waals surface area (Å²) in [6, 6.07) is 10.3. The molecule has 0 aromatic heterocycles. The molecule has 0 amide bonds. The maximum absolute atomic E-state index is 5.75. The lowest BCUT2D eigenvalue weighted by molar-refractivity contribution is 0.198. The summed E-state index contributed by atoms with van der Waals surface area (Å²) in [5.41, 5.74) is 1.32. The zero-order valence-corrected chi connectivity index (χ0v) is 8.62. The van der Waals surface area contributed by atoms with E-state index < -0.39 is 0 Å². The molecule has 0 unspecified atom stereocenters. The first-order valence-electron chi connectivity index (χ1n) is 5.49. The van der Waals surface area contributed by atoms with Crippen LogP contribution in [0, 0.1) is 6.92 Å². The average Bonchev–Trinajstić information content (AvgIpc) is 2.80. The van der Waals surface area contributed by atoms with Gasteiger partial charge in [-0.3, -0.25) is 0 Å². The molecule has 1 fully saturated rings. The summed E-state index contributed by atoms with van der Waals surface area (Å²) in [6.07, 6.45) is 2.56. The monoisotopic (exact) mass is 182 g/mol. The Hall–Kier alpha value is -0.820. The first kappa shape index (κ1) is 10.3. The standard InChI is InChI=1S/C7H8.C4H8O.CH4/c1-7-5-3-2-4-6-7;1-2-4-5-3-1;/h2-6H,1H3;1-4H2;1H4/i;;1T. The Bertz CT molecular complexity index is 187. The van der Waals surface area contributed by atoms with E-state index in [1.165, 1.54) is 25.8 Å². The minimum absolute atomic E-state index is 1.00. The number of hydrogen-bond acceptors (Lipinski definition) is 1. The summed E-state index contributed by atoms with van der Waals surface area (Å²) in [5, 5.41) is 0. The van der Waals surface area contributed by atoms with E-state index in [0.29, 0.717) is 0 Å². The van der Waals surface area contributed by atoms with Crippen LogP contribution in [0.1, 0.15) is 27.2 Å². The number of benzene rings is 1. The molecule has 0 spiro atoms. The quantitative estimate of drug-likeness (QED) is 0.597. The van der Waals surface area contributed by atoms with E-state index in [1.54, 1.807) is 0 Å². The summed E-state index contributed by atoms with van der Waals surface area (Å²) < 4.78 is 10.7. The molecule has 1 aliphatic rings. The van der Waals surface area contributed by atoms with Crippen LogP contribution in [0.5, 0.6) is 0 Å². The topological polar surface area (TPSA) is 9.23 Å². The Morgan fingerprint density at radius 3 is 1.92 bits per heavy atom. The molecule has 0 bridgehead atoms. The molecule has 0 radical (unpaired) electrons. The van der Waals surface area contributed by atoms with Crippen molar-refractivity contribution in [3.05, 3.63) is 35.9 Å². The third-order valence-electron chi connectivity index (χ3n) is 1.77. The predicted octanol–water partition coefficient (Wildman–Crippen LogP) is 3.43. The average molecular weight is 182 g/mol. The van der Waals surface area contributed by atoms with E-state index in [-0.39, 0.29) is 0 Å². The van der Waals surface area contributed by atoms with E-state index in [0.717, 1.165) is 13.2 Å². The van der Waals surface area contributed by atoms with E-state index in [1.807, 2.05) is 18.2 Å². The number of ether oxygens (including phenoxy) is 1. The Labute approximate surface area is 83.1 Å². The molecule has 2 rings (SSSR count). The second-order valence-corrected chi connectivity index (χ2v) is 2.97. The predicted molar refractivity (Wildman–Crippen MR) is 58.0 cm³/mol. The van der Waals surface area contributed by atoms with Gasteiger partial charge in [-0.25, -0.2) is 0 Å². The Morgan fingerprint density at radius 1 is 1.15 bits per heavy atom. The molecule has 1 aromatic carbocycles. The van der Waals surface area contributed by atoms with Crippen LogP contribution in [0.15, 0.2) is 30.3 Å². The second kappa shape index (κ2) is 7.81. The van der Waals surface area contributed by atoms with Gasteiger partial charge in [0.1, 0.15) is 0 Å². The second-order valence-electron chi connectivity index (χ2n) is 2.97. The van der Waals surface area contributed by atoms with Crippen LogP contribution in [0.25, 0.3) is 0 Å². The third kappa shape index (κ3) is 6.35. The molecular weight excluding hydrogens is 160 g/mol. The molecule has 13 heavy (non-hydrogen) atoms. The van der Waals surface area contributed by atoms with Gasteiger partial charge in [-0.1, -0.05) is 43.3 Å². The van der Waals surface area contributed by atoms with Crippen molar-refractivity contribution in [2.75, 3.05) is 13.2 Å². The van der Waals surface area contributed by atoms with Crippen LogP contribution in [0.4, 0.5) is 0 Å². The lowest BCUT2D eigenvalue weighted by Crippen LogP contribution is -1.74. The molecule has 1 aromatic rings. The minimum Gasteiger partial charge on any atom is -0.381 e. The van der Waals surface area contributed by atoms with Gasteiger partial charge >= 0.3 is 0 Å². The lowest BCUT2D eigenvalue weighted by Gasteiger charge is -1.82. The molecule has 0 N–H and O–H groups in total. The molecule has 1 heteroatoms. The Balaban J connectivity index is 0.000000213. The summed E-state index contributed by atoms with van der Waals surface area (Å²) in [6.45, 7) is 4.08. The first-order chi connectivity index (χ1) is 6.89. The van der Waals surface area contributed by atoms with Crippen molar-refractivity contribution in [3.8, 4) is 0 Å². The van der Waals surface area contributed by atoms with Gasteiger partial charge in [-0.05, 0) is 19.8 Å². The Morgan fingerprint density at radius 2 is 1.69 bits per heavy atom. The van der Waals surface area contributed by atoms with Gasteiger partial charge in [0.05, 0.1) is 0 Å². The van der Waals surface area contributed by atoms with Crippen LogP contribution in [0.3, 0.4) is 0 Å². The third-order valence-corrected chi connectivity index (χ3v) is 1.77. The van der Waals surface area contributed by atoms with Crippen molar-refractivity contribution in [2.24, 2.45) is 0 Å². The maximum atomic E-state index is 5.75. The molecule has 1 saturated heterocycles. The number of hydrogen-bond donors (Lipinski definition) is 0. The lowest BCUT2D eigenvalue weighted by atomic mass is 10.2. The van der Waals surface area contributed by atoms with E-state index >= 15 is 0 Å². The molecule has 74 valence electrons. The largest absolute Gasteiger partial charge is 0.381 e. The van der Waals surface area contributed by atoms with Gasteiger partial charge in [-0.2, -0.15) is 0 Å². The van der Waals surface area contributed by atoms with Crippen molar-refractivity contribution in [2.45, 2.75) is 27.2 Å². The maximum Gasteiger partial charge on any atom is 0.0466 e. The smallest absolute Gasteiger partial charge is 0.0466 e. The van der Waals surface area contributed by atoms with Crippen molar-refractivity contribution in [3.63, 3.8) is 0 Å². The summed E-state index contributed by atoms with van der Waals surface area (Å²) in [7, 11) is 1.25. The van der Waals surface area contributed by atoms with Gasteiger partial charge in [0.2, 0.25) is 0 Å². The fourth-order valence-electron chi connectivity index (χ4n) is 1.04. The van der Waals surface area contributed by atoms with Gasteiger partial charge in [-0.15, -0.1) is 0 Å². The molecule has 1 aliphatic heterocycles. The highest BCUT2D eigenvalue weighted by molar-refractivity contribution is 5.11. The molecule has 0 atom stereocenters. The van der Waals surface area contributed by atoms with Gasteiger partial charge in [0.15, 0.2) is 0 Å². The highest BCUT2D eigenvalue weighted by Gasteiger charge is 1.94. The summed E-state index contributed by atoms with van der Waals surface area (Å²) >= 11 is 0. The van der Waals surface area contributed by atoms with Crippen LogP contribution in [-0.2, 0) is 4.74 Å². The van der Waals surface area contributed by atoms with Crippen LogP contribution in [-0.4, -0.2) is 13.2 Å². The van der Waals surface area contributed by atoms with Crippen molar-refractivity contribution >= 4 is 0 Å². The van der Waals surface area contributed by atoms with Gasteiger partial charge < -0.3 is 4.74 Å². The number of aryl methyl sites for hydroxylation is 1. The molecule has 1 nitrogen and oxygen atoms in total. The summed E-state index contributed by atoms with van der Waals surface area (Å²) in [5.74, 6) is 0. The molecule has 0 aliphatic carbocycles. The van der Waals surface area contributed by atoms with Gasteiger partial charge in [0, 0.05) is 14.6 Å². The summed E-state index contributed by atoms with van der Waals surface area (Å²) in [4.78, 5) is 0. The molecule has 0 saturated carbocycles. The minimum atomic E-state index is 1.00. The highest BCUT2D eigenvalue weighted by Crippen LogP contribution is 1.98. The fourth-order valence-corrected chi connectivity index (χ4v) is 1.04. The van der Waals surface area contributed by atoms with Crippen molar-refractivity contribution in [1.82, 2.24) is 0 Å². The molecule has 1 heterocycles. The van der Waals surface area contributed by atoms with E-state index in [2.05, 4.69) is 19.1 Å². The number of rotatable bonds is 0. The fraction of sp³-hybridized carbons (Fsp3) is 0.500.